The monoisotopic (exact) mass is 667 g/mol. The number of likely N-dealkylation sites (N-methyl/N-ethyl adjacent to an activating group) is 1. The predicted octanol–water partition coefficient (Wildman–Crippen LogP) is 6.92. The highest BCUT2D eigenvalue weighted by Crippen LogP contribution is 2.36. The SMILES string of the molecule is Cc1c(-c2cc3cc(Nc4cc5n(n4)CC(=O)N(C)CC5(F)F)ncc3cc2F)cncc1N(C(=O)OC(C)(C)C)C(=O)OC(C)(C)C. The number of alkyl halides is 2. The molecule has 1 aliphatic rings. The van der Waals surface area contributed by atoms with Crippen molar-refractivity contribution in [3.63, 3.8) is 0 Å². The summed E-state index contributed by atoms with van der Waals surface area (Å²) in [6, 6.07) is 5.56. The fourth-order valence-electron chi connectivity index (χ4n) is 5.08. The number of fused-ring (bicyclic) bond motifs is 2. The number of anilines is 3. The molecule has 254 valence electrons. The summed E-state index contributed by atoms with van der Waals surface area (Å²) in [4.78, 5) is 49.0. The van der Waals surface area contributed by atoms with Crippen molar-refractivity contribution in [1.29, 1.82) is 0 Å². The minimum absolute atomic E-state index is 0.0357. The Morgan fingerprint density at radius 1 is 0.917 bits per heavy atom. The third-order valence-electron chi connectivity index (χ3n) is 7.24. The maximum absolute atomic E-state index is 15.6. The molecule has 1 aromatic carbocycles. The summed E-state index contributed by atoms with van der Waals surface area (Å²) in [5.74, 6) is -4.17. The molecule has 1 aliphatic heterocycles. The van der Waals surface area contributed by atoms with Gasteiger partial charge in [0.15, 0.2) is 5.82 Å². The van der Waals surface area contributed by atoms with Crippen LogP contribution in [0.1, 0.15) is 52.8 Å². The van der Waals surface area contributed by atoms with E-state index in [0.717, 1.165) is 20.5 Å². The van der Waals surface area contributed by atoms with Crippen LogP contribution in [0.25, 0.3) is 21.9 Å². The molecule has 0 radical (unpaired) electrons. The molecule has 3 amide bonds. The molecule has 5 rings (SSSR count). The summed E-state index contributed by atoms with van der Waals surface area (Å²) >= 11 is 0. The number of carbonyl (C=O) groups excluding carboxylic acids is 3. The maximum Gasteiger partial charge on any atom is 0.424 e. The molecule has 1 N–H and O–H groups in total. The molecule has 3 aromatic heterocycles. The van der Waals surface area contributed by atoms with Crippen LogP contribution in [0.4, 0.5) is 40.1 Å². The summed E-state index contributed by atoms with van der Waals surface area (Å²) in [5, 5.41) is 8.00. The Labute approximate surface area is 274 Å². The number of nitrogens with one attached hydrogen (secondary N) is 1. The van der Waals surface area contributed by atoms with Gasteiger partial charge in [-0.3, -0.25) is 14.5 Å². The van der Waals surface area contributed by atoms with Crippen molar-refractivity contribution in [2.75, 3.05) is 23.8 Å². The van der Waals surface area contributed by atoms with Gasteiger partial charge in [0, 0.05) is 42.0 Å². The van der Waals surface area contributed by atoms with Crippen molar-refractivity contribution < 1.29 is 37.0 Å². The molecule has 0 atom stereocenters. The van der Waals surface area contributed by atoms with E-state index in [1.54, 1.807) is 60.6 Å². The van der Waals surface area contributed by atoms with E-state index >= 15 is 4.39 Å². The average Bonchev–Trinajstić information content (AvgIpc) is 3.31. The van der Waals surface area contributed by atoms with Gasteiger partial charge in [-0.05, 0) is 77.6 Å². The van der Waals surface area contributed by atoms with Crippen molar-refractivity contribution in [3.05, 3.63) is 59.9 Å². The Hall–Kier alpha value is -5.21. The Bertz CT molecular complexity index is 1900. The second kappa shape index (κ2) is 12.1. The summed E-state index contributed by atoms with van der Waals surface area (Å²) < 4.78 is 57.3. The third kappa shape index (κ3) is 7.19. The molecule has 4 aromatic rings. The fraction of sp³-hybridized carbons (Fsp3) is 0.394. The minimum Gasteiger partial charge on any atom is -0.443 e. The van der Waals surface area contributed by atoms with E-state index < -0.39 is 53.3 Å². The molecular weight excluding hydrogens is 631 g/mol. The first-order valence-corrected chi connectivity index (χ1v) is 15.0. The van der Waals surface area contributed by atoms with E-state index in [0.29, 0.717) is 16.3 Å². The van der Waals surface area contributed by atoms with Crippen LogP contribution in [0, 0.1) is 12.7 Å². The van der Waals surface area contributed by atoms with Gasteiger partial charge in [0.25, 0.3) is 0 Å². The predicted molar refractivity (Wildman–Crippen MR) is 172 cm³/mol. The van der Waals surface area contributed by atoms with Crippen molar-refractivity contribution in [2.24, 2.45) is 0 Å². The number of hydrogen-bond donors (Lipinski definition) is 1. The number of amides is 3. The molecule has 15 heteroatoms. The molecule has 0 saturated carbocycles. The van der Waals surface area contributed by atoms with E-state index in [-0.39, 0.29) is 35.0 Å². The first kappa shape index (κ1) is 34.1. The molecule has 0 unspecified atom stereocenters. The fourth-order valence-corrected chi connectivity index (χ4v) is 5.08. The number of pyridine rings is 2. The number of carbonyl (C=O) groups is 3. The summed E-state index contributed by atoms with van der Waals surface area (Å²) in [5.41, 5.74) is -1.53. The van der Waals surface area contributed by atoms with Crippen LogP contribution in [-0.4, -0.2) is 67.5 Å². The van der Waals surface area contributed by atoms with Crippen molar-refractivity contribution in [3.8, 4) is 11.1 Å². The normalized spacial score (nSPS) is 14.7. The first-order chi connectivity index (χ1) is 22.2. The zero-order valence-corrected chi connectivity index (χ0v) is 27.8. The summed E-state index contributed by atoms with van der Waals surface area (Å²) in [6.45, 7) is 10.4. The van der Waals surface area contributed by atoms with Crippen LogP contribution in [0.5, 0.6) is 0 Å². The lowest BCUT2D eigenvalue weighted by atomic mass is 9.98. The van der Waals surface area contributed by atoms with E-state index in [4.69, 9.17) is 9.47 Å². The Balaban J connectivity index is 1.52. The zero-order chi connectivity index (χ0) is 35.3. The third-order valence-corrected chi connectivity index (χ3v) is 7.24. The quantitative estimate of drug-likeness (QED) is 0.246. The standard InChI is InChI=1S/C33H36F3N7O5/c1-18-22(14-37-15-24(18)43(29(45)47-31(2,3)4)30(46)48-32(5,6)7)21-9-19-11-26(38-13-20(19)10-23(21)34)39-27-12-25-33(35,36)17-41(8)28(44)16-42(25)40-27/h9-15H,16-17H2,1-8H3,(H,38,39,40). The number of ether oxygens (including phenoxy) is 2. The lowest BCUT2D eigenvalue weighted by Crippen LogP contribution is -2.44. The van der Waals surface area contributed by atoms with Crippen LogP contribution >= 0.6 is 0 Å². The minimum atomic E-state index is -3.32. The van der Waals surface area contributed by atoms with E-state index in [1.165, 1.54) is 31.7 Å². The lowest BCUT2D eigenvalue weighted by molar-refractivity contribution is -0.133. The molecule has 0 saturated heterocycles. The van der Waals surface area contributed by atoms with Crippen LogP contribution < -0.4 is 10.2 Å². The smallest absolute Gasteiger partial charge is 0.424 e. The highest BCUT2D eigenvalue weighted by Gasteiger charge is 2.41. The van der Waals surface area contributed by atoms with Gasteiger partial charge in [-0.2, -0.15) is 18.8 Å². The molecule has 0 fully saturated rings. The highest BCUT2D eigenvalue weighted by molar-refractivity contribution is 6.10. The van der Waals surface area contributed by atoms with Gasteiger partial charge < -0.3 is 19.7 Å². The number of aromatic nitrogens is 4. The van der Waals surface area contributed by atoms with Gasteiger partial charge in [0.1, 0.15) is 35.1 Å². The van der Waals surface area contributed by atoms with Crippen LogP contribution in [-0.2, 0) is 26.7 Å². The maximum atomic E-state index is 15.6. The van der Waals surface area contributed by atoms with Crippen molar-refractivity contribution >= 4 is 46.2 Å². The molecule has 4 heterocycles. The van der Waals surface area contributed by atoms with Gasteiger partial charge >= 0.3 is 18.1 Å². The first-order valence-electron chi connectivity index (χ1n) is 15.0. The van der Waals surface area contributed by atoms with Gasteiger partial charge in [-0.25, -0.2) is 19.0 Å². The number of hydrogen-bond acceptors (Lipinski definition) is 9. The molecule has 0 bridgehead atoms. The van der Waals surface area contributed by atoms with Crippen LogP contribution in [0.15, 0.2) is 42.9 Å². The number of benzene rings is 1. The number of halogens is 3. The molecule has 0 spiro atoms. The molecule has 12 nitrogen and oxygen atoms in total. The number of rotatable bonds is 4. The largest absolute Gasteiger partial charge is 0.443 e. The van der Waals surface area contributed by atoms with E-state index in [2.05, 4.69) is 20.4 Å². The second-order valence-electron chi connectivity index (χ2n) is 13.5. The van der Waals surface area contributed by atoms with Gasteiger partial charge in [-0.15, -0.1) is 0 Å². The van der Waals surface area contributed by atoms with Crippen LogP contribution in [0.3, 0.4) is 0 Å². The number of nitrogens with zero attached hydrogens (tertiary/aromatic N) is 6. The van der Waals surface area contributed by atoms with Gasteiger partial charge in [-0.1, -0.05) is 0 Å². The van der Waals surface area contributed by atoms with Crippen molar-refractivity contribution in [2.45, 2.75) is 72.1 Å². The Kier molecular flexibility index (Phi) is 8.61. The molecular formula is C33H36F3N7O5. The van der Waals surface area contributed by atoms with Crippen LogP contribution in [0.2, 0.25) is 0 Å². The van der Waals surface area contributed by atoms with Crippen molar-refractivity contribution in [1.82, 2.24) is 24.6 Å². The highest BCUT2D eigenvalue weighted by atomic mass is 19.3. The Morgan fingerprint density at radius 2 is 1.56 bits per heavy atom. The van der Waals surface area contributed by atoms with Gasteiger partial charge in [0.05, 0.1) is 18.4 Å². The topological polar surface area (TPSA) is 132 Å². The molecule has 0 aliphatic carbocycles. The molecule has 48 heavy (non-hydrogen) atoms. The Morgan fingerprint density at radius 3 is 2.19 bits per heavy atom. The van der Waals surface area contributed by atoms with E-state index in [9.17, 15) is 23.2 Å². The average molecular weight is 668 g/mol. The lowest BCUT2D eigenvalue weighted by Gasteiger charge is -2.29. The van der Waals surface area contributed by atoms with Gasteiger partial charge in [0.2, 0.25) is 5.91 Å². The van der Waals surface area contributed by atoms with E-state index in [1.807, 2.05) is 0 Å². The summed E-state index contributed by atoms with van der Waals surface area (Å²) in [6.07, 6.45) is 2.12. The number of imide groups is 1. The zero-order valence-electron chi connectivity index (χ0n) is 27.8. The summed E-state index contributed by atoms with van der Waals surface area (Å²) in [7, 11) is 1.31. The second-order valence-corrected chi connectivity index (χ2v) is 13.5.